The minimum Gasteiger partial charge on any atom is -0.487 e. The summed E-state index contributed by atoms with van der Waals surface area (Å²) in [5.41, 5.74) is 43.1. The standard InChI is InChI=1S/3C20H23N3O2.3C19H21N3O2/c1-5-22-17(24)7-12(3)15-8-16-11(2)6-13(4)23-14(9-21)10-25-20(18(15)22)19(16)23;1-5-22-17(24)7-6-14-9-16-12(2)8-13(3)23-15(10-21-4)11-25-20(18(14)22)19(16)23;1-5-22-17(24)8-12(2)16-9-14-7-6-13(3)23-15(10-21-4)11-25-20(18(14)23)19(16)22;1-11-7-12(2)22-14(9-20-3)10-24-19-17-13(8-15(11)18(19)22)5-6-16(23)21(17)4;1-11-7-16(23)21(4)18-15(11)8-13-6-5-12(2)22-14(9-20-3)10-24-19(18)17(13)22;1-4-21-16(23)6-5-13-8-15-11(2)7-12(3)22-14(9-20)10-24-19(17(13)21)18(15)22/h6-8,14H,4-5,9-10,21H2,1-3H3;2*6-9,15,21H,3,5,10-11H2,1-2,4H3;2*5-8,14,20H,2,9-10H2,1,3-4H3;5-8,14H,3-4,9-10,20H2,1-2H3/t14-;;;;;14-/m0....0/s1. The summed E-state index contributed by atoms with van der Waals surface area (Å²) < 4.78 is 47.6. The summed E-state index contributed by atoms with van der Waals surface area (Å²) >= 11 is 0. The molecule has 0 bridgehead atoms. The van der Waals surface area contributed by atoms with Gasteiger partial charge in [0, 0.05) is 216 Å². The second-order valence-corrected chi connectivity index (χ2v) is 39.4. The lowest BCUT2D eigenvalue weighted by Crippen LogP contribution is -2.48. The fraction of sp³-hybridized carbons (Fsp3) is 0.333. The molecule has 762 valence electrons. The molecule has 0 amide bonds. The summed E-state index contributed by atoms with van der Waals surface area (Å²) in [4.78, 5) is 87.4. The number of hydrogen-bond donors (Lipinski definition) is 6. The first kappa shape index (κ1) is 101. The number of pyridine rings is 6. The largest absolute Gasteiger partial charge is 0.487 e. The Labute approximate surface area is 854 Å². The number of nitrogens with zero attached hydrogens (tertiary/aromatic N) is 12. The number of likely N-dealkylation sites (N-methyl/N-ethyl adjacent to an activating group) is 4. The highest BCUT2D eigenvalue weighted by molar-refractivity contribution is 6.07. The third-order valence-corrected chi connectivity index (χ3v) is 30.2. The number of fused-ring (bicyclic) bond motifs is 12. The van der Waals surface area contributed by atoms with E-state index in [4.69, 9.17) is 39.9 Å². The van der Waals surface area contributed by atoms with Crippen molar-refractivity contribution in [3.05, 3.63) is 313 Å². The molecule has 6 atom stereocenters. The molecule has 8 N–H and O–H groups in total. The predicted molar refractivity (Wildman–Crippen MR) is 600 cm³/mol. The second-order valence-electron chi connectivity index (χ2n) is 39.4. The zero-order valence-electron chi connectivity index (χ0n) is 87.2. The number of rotatable bonds is 14. The average molecular weight is 1980 g/mol. The highest BCUT2D eigenvalue weighted by atomic mass is 16.5. The van der Waals surface area contributed by atoms with Crippen molar-refractivity contribution in [2.75, 3.05) is 136 Å². The van der Waals surface area contributed by atoms with Crippen LogP contribution in [0.1, 0.15) is 105 Å². The molecule has 12 aliphatic heterocycles. The van der Waals surface area contributed by atoms with E-state index < -0.39 is 0 Å². The number of anilines is 6. The Morgan fingerprint density at radius 1 is 0.299 bits per heavy atom. The quantitative estimate of drug-likeness (QED) is 0.0589. The number of benzene rings is 6. The van der Waals surface area contributed by atoms with Gasteiger partial charge in [0.25, 0.3) is 33.4 Å². The molecule has 147 heavy (non-hydrogen) atoms. The summed E-state index contributed by atoms with van der Waals surface area (Å²) in [6.45, 7) is 57.4. The van der Waals surface area contributed by atoms with E-state index in [2.05, 4.69) is 197 Å². The molecule has 12 aromatic rings. The molecule has 0 fully saturated rings. The monoisotopic (exact) mass is 1980 g/mol. The molecule has 6 aromatic heterocycles. The maximum atomic E-state index is 12.5. The van der Waals surface area contributed by atoms with Crippen molar-refractivity contribution in [2.45, 2.75) is 139 Å². The number of aromatic nitrogens is 6. The van der Waals surface area contributed by atoms with Crippen LogP contribution in [-0.4, -0.2) is 171 Å². The van der Waals surface area contributed by atoms with Gasteiger partial charge in [-0.15, -0.1) is 0 Å². The third-order valence-electron chi connectivity index (χ3n) is 30.2. The van der Waals surface area contributed by atoms with Gasteiger partial charge in [0.05, 0.1) is 103 Å². The number of ether oxygens (including phenoxy) is 6. The van der Waals surface area contributed by atoms with Crippen LogP contribution < -0.4 is 124 Å². The fourth-order valence-corrected chi connectivity index (χ4v) is 23.3. The zero-order chi connectivity index (χ0) is 104. The first-order chi connectivity index (χ1) is 70.7. The van der Waals surface area contributed by atoms with Crippen LogP contribution in [0.5, 0.6) is 34.5 Å². The van der Waals surface area contributed by atoms with Crippen molar-refractivity contribution < 1.29 is 28.4 Å². The van der Waals surface area contributed by atoms with Crippen LogP contribution in [-0.2, 0) is 40.3 Å². The third kappa shape index (κ3) is 16.8. The molecule has 24 rings (SSSR count). The summed E-state index contributed by atoms with van der Waals surface area (Å²) in [5, 5.41) is 19.1. The van der Waals surface area contributed by atoms with Crippen LogP contribution in [0.2, 0.25) is 0 Å². The smallest absolute Gasteiger partial charge is 0.251 e. The molecule has 30 nitrogen and oxygen atoms in total. The van der Waals surface area contributed by atoms with Crippen molar-refractivity contribution in [2.24, 2.45) is 25.6 Å². The van der Waals surface area contributed by atoms with Crippen molar-refractivity contribution in [3.63, 3.8) is 0 Å². The van der Waals surface area contributed by atoms with E-state index >= 15 is 0 Å². The first-order valence-electron chi connectivity index (χ1n) is 50.6. The van der Waals surface area contributed by atoms with E-state index in [1.54, 1.807) is 77.9 Å². The maximum absolute atomic E-state index is 12.5. The molecule has 0 radical (unpaired) electrons. The fourth-order valence-electron chi connectivity index (χ4n) is 23.3. The number of allylic oxidation sites excluding steroid dienone is 10. The molecule has 6 aromatic carbocycles. The number of aryl methyl sites for hydroxylation is 9. The molecule has 0 spiro atoms. The van der Waals surface area contributed by atoms with Gasteiger partial charge in [-0.2, -0.15) is 0 Å². The van der Waals surface area contributed by atoms with E-state index in [0.717, 1.165) is 261 Å². The Bertz CT molecular complexity index is 8270. The van der Waals surface area contributed by atoms with E-state index in [1.807, 2.05) is 101 Å². The molecule has 4 unspecified atom stereocenters. The van der Waals surface area contributed by atoms with Crippen molar-refractivity contribution in [3.8, 4) is 34.5 Å². The van der Waals surface area contributed by atoms with Crippen LogP contribution in [0.4, 0.5) is 34.1 Å². The van der Waals surface area contributed by atoms with Crippen molar-refractivity contribution in [1.29, 1.82) is 0 Å². The Morgan fingerprint density at radius 2 is 0.565 bits per heavy atom. The number of nitrogens with two attached hydrogens (primary N) is 2. The van der Waals surface area contributed by atoms with Gasteiger partial charge in [-0.05, 0) is 234 Å². The minimum absolute atomic E-state index is 0.000554. The Balaban J connectivity index is 0.000000111. The predicted octanol–water partition coefficient (Wildman–Crippen LogP) is 15.1. The van der Waals surface area contributed by atoms with Crippen LogP contribution in [0.15, 0.2) is 230 Å². The van der Waals surface area contributed by atoms with Gasteiger partial charge in [0.1, 0.15) is 39.6 Å². The topological polar surface area (TPSA) is 307 Å². The van der Waals surface area contributed by atoms with Gasteiger partial charge in [-0.1, -0.05) is 51.6 Å². The Kier molecular flexibility index (Phi) is 27.3. The van der Waals surface area contributed by atoms with E-state index in [1.165, 1.54) is 5.57 Å². The van der Waals surface area contributed by atoms with Crippen molar-refractivity contribution >= 4 is 134 Å². The average Bonchev–Trinajstić information content (AvgIpc) is 0.752. The minimum atomic E-state index is -0.0342. The lowest BCUT2D eigenvalue weighted by Gasteiger charge is -2.43. The van der Waals surface area contributed by atoms with Gasteiger partial charge >= 0.3 is 0 Å². The molecule has 0 saturated heterocycles. The SMILES string of the molecule is C=C1C=C(C)c2cc3c(C)cc(=O)n(CC)c3c3c2N1[C@@H](CN)CO3.C=C1C=C(C)c2cc3ccc(=O)n(C)c3c3c2N1C(CNC)CO3.C=C1C=C(C)c2cc3ccc(=O)n(CC)c3c3c2N1C(CNC)CO3.C=C1C=C(C)c2cc3ccc(=O)n(CC)c3c3c2N1[C@@H](CN)CO3.C=C1C=Cc2cc3c(C)cc(=O)n(C)c3c3c2N1C(CNC)CO3.C=C1C=Cc2cc3c(C)cc(=O)n(CC)c3c3c2N1C(CNC)CO3. The molecular formula is C117H132N18O12. The van der Waals surface area contributed by atoms with E-state index in [9.17, 15) is 28.8 Å². The van der Waals surface area contributed by atoms with Crippen LogP contribution in [0, 0.1) is 20.8 Å². The zero-order valence-corrected chi connectivity index (χ0v) is 87.2. The number of hydrogen-bond acceptors (Lipinski definition) is 24. The normalized spacial score (nSPS) is 18.9. The first-order valence-corrected chi connectivity index (χ1v) is 50.6. The van der Waals surface area contributed by atoms with Gasteiger partial charge in [0.2, 0.25) is 0 Å². The van der Waals surface area contributed by atoms with Gasteiger partial charge in [0.15, 0.2) is 34.5 Å². The summed E-state index contributed by atoms with van der Waals surface area (Å²) in [7, 11) is 11.4. The summed E-state index contributed by atoms with van der Waals surface area (Å²) in [6, 6.07) is 29.3. The van der Waals surface area contributed by atoms with Gasteiger partial charge in [-0.25, -0.2) is 0 Å². The lowest BCUT2D eigenvalue weighted by molar-refractivity contribution is 0.267. The molecule has 30 heteroatoms. The highest BCUT2D eigenvalue weighted by Gasteiger charge is 2.44. The Morgan fingerprint density at radius 3 is 0.912 bits per heavy atom. The molecule has 12 aliphatic rings. The van der Waals surface area contributed by atoms with E-state index in [0.29, 0.717) is 78.9 Å². The van der Waals surface area contributed by atoms with Crippen LogP contribution in [0.25, 0.3) is 99.9 Å². The molecule has 0 saturated carbocycles. The van der Waals surface area contributed by atoms with Gasteiger partial charge < -0.3 is 118 Å². The molecule has 0 aliphatic carbocycles. The van der Waals surface area contributed by atoms with Gasteiger partial charge in [-0.3, -0.25) is 28.8 Å². The summed E-state index contributed by atoms with van der Waals surface area (Å²) in [5.74, 6) is 4.70. The van der Waals surface area contributed by atoms with E-state index in [-0.39, 0.29) is 69.6 Å². The number of nitrogens with one attached hydrogen (secondary N) is 4. The second kappa shape index (κ2) is 40.0. The molecule has 18 heterocycles. The Hall–Kier alpha value is -15.2. The molecular weight excluding hydrogens is 1850 g/mol. The highest BCUT2D eigenvalue weighted by Crippen LogP contribution is 2.56. The summed E-state index contributed by atoms with van der Waals surface area (Å²) in [6.07, 6.45) is 16.7. The lowest BCUT2D eigenvalue weighted by atomic mass is 9.92. The van der Waals surface area contributed by atoms with Crippen molar-refractivity contribution in [1.82, 2.24) is 48.7 Å². The van der Waals surface area contributed by atoms with Crippen LogP contribution in [0.3, 0.4) is 0 Å². The maximum Gasteiger partial charge on any atom is 0.251 e. The van der Waals surface area contributed by atoms with Crippen LogP contribution >= 0.6 is 0 Å².